The van der Waals surface area contributed by atoms with Crippen LogP contribution < -0.4 is 0 Å². The summed E-state index contributed by atoms with van der Waals surface area (Å²) in [6.07, 6.45) is 13.3. The lowest BCUT2D eigenvalue weighted by molar-refractivity contribution is -0.149. The van der Waals surface area contributed by atoms with Gasteiger partial charge in [0.15, 0.2) is 0 Å². The summed E-state index contributed by atoms with van der Waals surface area (Å²) < 4.78 is 0. The van der Waals surface area contributed by atoms with Gasteiger partial charge >= 0.3 is 0 Å². The van der Waals surface area contributed by atoms with Gasteiger partial charge in [0.2, 0.25) is 11.8 Å². The minimum atomic E-state index is -0.378. The van der Waals surface area contributed by atoms with Crippen LogP contribution in [-0.2, 0) is 16.1 Å². The van der Waals surface area contributed by atoms with E-state index >= 15 is 0 Å². The van der Waals surface area contributed by atoms with Crippen molar-refractivity contribution in [2.24, 2.45) is 10.8 Å². The third-order valence-electron chi connectivity index (χ3n) is 6.68. The van der Waals surface area contributed by atoms with Gasteiger partial charge in [-0.15, -0.1) is 0 Å². The normalized spacial score (nSPS) is 30.9. The second-order valence-electron chi connectivity index (χ2n) is 8.72. The Kier molecular flexibility index (Phi) is 4.79. The van der Waals surface area contributed by atoms with Crippen LogP contribution in [0.25, 0.3) is 0 Å². The number of allylic oxidation sites excluding steroid dienone is 2. The molecule has 144 valence electrons. The quantitative estimate of drug-likeness (QED) is 0.771. The molecule has 27 heavy (non-hydrogen) atoms. The van der Waals surface area contributed by atoms with Crippen molar-refractivity contribution in [3.05, 3.63) is 42.2 Å². The Morgan fingerprint density at radius 3 is 2.85 bits per heavy atom. The lowest BCUT2D eigenvalue weighted by Gasteiger charge is -2.43. The molecule has 2 unspecified atom stereocenters. The molecule has 0 bridgehead atoms. The molecular formula is C22H29N3O2. The van der Waals surface area contributed by atoms with E-state index in [9.17, 15) is 9.59 Å². The lowest BCUT2D eigenvalue weighted by atomic mass is 9.74. The molecule has 1 spiro atoms. The summed E-state index contributed by atoms with van der Waals surface area (Å²) >= 11 is 0. The summed E-state index contributed by atoms with van der Waals surface area (Å²) in [7, 11) is 0. The summed E-state index contributed by atoms with van der Waals surface area (Å²) in [5, 5.41) is 0. The smallest absolute Gasteiger partial charge is 0.230 e. The Morgan fingerprint density at radius 2 is 2.11 bits per heavy atom. The lowest BCUT2D eigenvalue weighted by Crippen LogP contribution is -2.53. The number of aromatic nitrogens is 1. The molecule has 2 aliphatic heterocycles. The van der Waals surface area contributed by atoms with Crippen LogP contribution in [0.15, 0.2) is 36.7 Å². The number of nitrogens with zero attached hydrogens (tertiary/aromatic N) is 3. The molecule has 2 amide bonds. The second-order valence-corrected chi connectivity index (χ2v) is 8.72. The molecule has 0 radical (unpaired) electrons. The van der Waals surface area contributed by atoms with E-state index in [0.29, 0.717) is 13.1 Å². The number of carbonyl (C=O) groups is 2. The van der Waals surface area contributed by atoms with Gasteiger partial charge in [0, 0.05) is 38.6 Å². The number of hydrogen-bond donors (Lipinski definition) is 0. The Balaban J connectivity index is 1.46. The van der Waals surface area contributed by atoms with E-state index in [0.717, 1.165) is 57.2 Å². The van der Waals surface area contributed by atoms with E-state index in [1.165, 1.54) is 0 Å². The monoisotopic (exact) mass is 367 g/mol. The molecule has 1 aliphatic carbocycles. The standard InChI is InChI=1S/C22H29N3O2/c1-21(8-3-2-4-9-21)19(26)25-13-6-10-22(17-25)11-14-24(20(22)27)16-18-7-5-12-23-15-18/h2-3,5,7,12,15H,4,6,8-11,13-14,16-17H2,1H3. The van der Waals surface area contributed by atoms with Crippen LogP contribution >= 0.6 is 0 Å². The molecule has 3 heterocycles. The summed E-state index contributed by atoms with van der Waals surface area (Å²) in [6, 6.07) is 3.92. The summed E-state index contributed by atoms with van der Waals surface area (Å²) in [5.41, 5.74) is 0.384. The zero-order chi connectivity index (χ0) is 18.9. The van der Waals surface area contributed by atoms with E-state index < -0.39 is 0 Å². The Morgan fingerprint density at radius 1 is 1.22 bits per heavy atom. The average Bonchev–Trinajstić information content (AvgIpc) is 2.98. The van der Waals surface area contributed by atoms with E-state index in [4.69, 9.17) is 0 Å². The molecule has 0 saturated carbocycles. The van der Waals surface area contributed by atoms with E-state index in [1.54, 1.807) is 6.20 Å². The molecule has 2 saturated heterocycles. The van der Waals surface area contributed by atoms with Crippen molar-refractivity contribution < 1.29 is 9.59 Å². The molecule has 2 atom stereocenters. The molecule has 1 aromatic heterocycles. The van der Waals surface area contributed by atoms with Gasteiger partial charge in [-0.25, -0.2) is 0 Å². The maximum absolute atomic E-state index is 13.3. The van der Waals surface area contributed by atoms with Crippen molar-refractivity contribution in [2.45, 2.75) is 52.0 Å². The van der Waals surface area contributed by atoms with Crippen molar-refractivity contribution in [1.29, 1.82) is 0 Å². The van der Waals surface area contributed by atoms with Crippen LogP contribution in [0.5, 0.6) is 0 Å². The van der Waals surface area contributed by atoms with Gasteiger partial charge in [0.05, 0.1) is 10.8 Å². The number of hydrogen-bond acceptors (Lipinski definition) is 3. The average molecular weight is 367 g/mol. The molecule has 3 aliphatic rings. The minimum Gasteiger partial charge on any atom is -0.341 e. The molecule has 0 aromatic carbocycles. The predicted octanol–water partition coefficient (Wildman–Crippen LogP) is 3.17. The Bertz CT molecular complexity index is 747. The fourth-order valence-electron chi connectivity index (χ4n) is 4.98. The summed E-state index contributed by atoms with van der Waals surface area (Å²) in [6.45, 7) is 4.86. The number of rotatable bonds is 3. The number of likely N-dealkylation sites (tertiary alicyclic amines) is 2. The number of piperidine rings is 1. The highest BCUT2D eigenvalue weighted by Gasteiger charge is 2.51. The van der Waals surface area contributed by atoms with Crippen LogP contribution in [0, 0.1) is 10.8 Å². The first-order valence-corrected chi connectivity index (χ1v) is 10.2. The van der Waals surface area contributed by atoms with Gasteiger partial charge in [0.25, 0.3) is 0 Å². The molecule has 4 rings (SSSR count). The highest BCUT2D eigenvalue weighted by molar-refractivity contribution is 5.88. The first-order valence-electron chi connectivity index (χ1n) is 10.2. The first-order chi connectivity index (χ1) is 13.0. The third-order valence-corrected chi connectivity index (χ3v) is 6.68. The molecule has 1 aromatic rings. The van der Waals surface area contributed by atoms with Gasteiger partial charge in [-0.3, -0.25) is 14.6 Å². The van der Waals surface area contributed by atoms with E-state index in [-0.39, 0.29) is 22.6 Å². The fourth-order valence-corrected chi connectivity index (χ4v) is 4.98. The van der Waals surface area contributed by atoms with E-state index in [2.05, 4.69) is 24.1 Å². The Hall–Kier alpha value is -2.17. The second kappa shape index (κ2) is 7.10. The highest BCUT2D eigenvalue weighted by Crippen LogP contribution is 2.43. The number of pyridine rings is 1. The molecule has 5 nitrogen and oxygen atoms in total. The van der Waals surface area contributed by atoms with Crippen LogP contribution in [0.1, 0.15) is 51.0 Å². The van der Waals surface area contributed by atoms with Crippen molar-refractivity contribution in [3.63, 3.8) is 0 Å². The van der Waals surface area contributed by atoms with Gasteiger partial charge in [-0.05, 0) is 50.2 Å². The number of amides is 2. The third kappa shape index (κ3) is 3.40. The highest BCUT2D eigenvalue weighted by atomic mass is 16.2. The largest absolute Gasteiger partial charge is 0.341 e. The summed E-state index contributed by atoms with van der Waals surface area (Å²) in [5.74, 6) is 0.460. The molecule has 5 heteroatoms. The topological polar surface area (TPSA) is 53.5 Å². The van der Waals surface area contributed by atoms with Crippen molar-refractivity contribution in [2.75, 3.05) is 19.6 Å². The van der Waals surface area contributed by atoms with E-state index in [1.807, 2.05) is 28.1 Å². The van der Waals surface area contributed by atoms with Crippen LogP contribution in [0.3, 0.4) is 0 Å². The van der Waals surface area contributed by atoms with Gasteiger partial charge in [-0.2, -0.15) is 0 Å². The van der Waals surface area contributed by atoms with Crippen LogP contribution in [0.4, 0.5) is 0 Å². The fraction of sp³-hybridized carbons (Fsp3) is 0.591. The minimum absolute atomic E-state index is 0.220. The zero-order valence-corrected chi connectivity index (χ0v) is 16.2. The van der Waals surface area contributed by atoms with Crippen LogP contribution in [0.2, 0.25) is 0 Å². The SMILES string of the molecule is CC1(C(=O)N2CCCC3(CCN(Cc4cccnc4)C3=O)C2)CC=CCC1. The zero-order valence-electron chi connectivity index (χ0n) is 16.2. The molecule has 0 N–H and O–H groups in total. The van der Waals surface area contributed by atoms with Gasteiger partial charge in [-0.1, -0.05) is 25.1 Å². The van der Waals surface area contributed by atoms with Gasteiger partial charge in [0.1, 0.15) is 0 Å². The first kappa shape index (κ1) is 18.2. The maximum atomic E-state index is 13.3. The summed E-state index contributed by atoms with van der Waals surface area (Å²) in [4.78, 5) is 34.6. The van der Waals surface area contributed by atoms with Crippen molar-refractivity contribution in [1.82, 2.24) is 14.8 Å². The van der Waals surface area contributed by atoms with Crippen LogP contribution in [-0.4, -0.2) is 46.2 Å². The maximum Gasteiger partial charge on any atom is 0.230 e. The van der Waals surface area contributed by atoms with Crippen molar-refractivity contribution >= 4 is 11.8 Å². The van der Waals surface area contributed by atoms with Crippen molar-refractivity contribution in [3.8, 4) is 0 Å². The molecule has 2 fully saturated rings. The predicted molar refractivity (Wildman–Crippen MR) is 104 cm³/mol. The van der Waals surface area contributed by atoms with Gasteiger partial charge < -0.3 is 9.80 Å². The Labute approximate surface area is 161 Å². The molecular weight excluding hydrogens is 338 g/mol. The number of carbonyl (C=O) groups excluding carboxylic acids is 2.